The van der Waals surface area contributed by atoms with Crippen molar-refractivity contribution in [2.75, 3.05) is 6.61 Å². The summed E-state index contributed by atoms with van der Waals surface area (Å²) < 4.78 is 25.7. The molecular weight excluding hydrogens is 453 g/mol. The molecule has 0 saturated carbocycles. The molecule has 4 rings (SSSR count). The number of pyridine rings is 1. The standard InChI is InChI=1S/C25H22FN5O4/c1-4-34-25(33)23-15(2)19-10-5-6-11-20(19)27-21(23)14-35-24(32)22(31-16(3)28-29-30-31)13-17-8-7-9-18(26)12-17/h5-13H,4,14H2,1-3H3/b22-13-. The molecular formula is C25H22FN5O4. The maximum atomic E-state index is 13.7. The van der Waals surface area contributed by atoms with Crippen molar-refractivity contribution < 1.29 is 23.5 Å². The first-order valence-corrected chi connectivity index (χ1v) is 10.8. The highest BCUT2D eigenvalue weighted by Crippen LogP contribution is 2.25. The van der Waals surface area contributed by atoms with Crippen molar-refractivity contribution in [3.8, 4) is 0 Å². The lowest BCUT2D eigenvalue weighted by Gasteiger charge is -2.15. The quantitative estimate of drug-likeness (QED) is 0.293. The number of carbonyl (C=O) groups excluding carboxylic acids is 2. The third-order valence-electron chi connectivity index (χ3n) is 5.26. The maximum Gasteiger partial charge on any atom is 0.357 e. The number of benzene rings is 2. The summed E-state index contributed by atoms with van der Waals surface area (Å²) in [5.41, 5.74) is 2.20. The van der Waals surface area contributed by atoms with Gasteiger partial charge in [-0.1, -0.05) is 30.3 Å². The predicted molar refractivity (Wildman–Crippen MR) is 125 cm³/mol. The van der Waals surface area contributed by atoms with Gasteiger partial charge in [0.25, 0.3) is 0 Å². The minimum Gasteiger partial charge on any atom is -0.462 e. The Morgan fingerprint density at radius 1 is 1.09 bits per heavy atom. The summed E-state index contributed by atoms with van der Waals surface area (Å²) in [5.74, 6) is -1.47. The lowest BCUT2D eigenvalue weighted by Crippen LogP contribution is -2.18. The molecule has 0 amide bonds. The fourth-order valence-corrected chi connectivity index (χ4v) is 3.64. The van der Waals surface area contributed by atoms with Crippen LogP contribution >= 0.6 is 0 Å². The smallest absolute Gasteiger partial charge is 0.357 e. The van der Waals surface area contributed by atoms with E-state index in [0.717, 1.165) is 5.39 Å². The molecule has 0 bridgehead atoms. The number of aryl methyl sites for hydroxylation is 2. The Bertz CT molecular complexity index is 1450. The van der Waals surface area contributed by atoms with E-state index >= 15 is 0 Å². The molecule has 0 aliphatic rings. The van der Waals surface area contributed by atoms with E-state index in [1.54, 1.807) is 26.8 Å². The Kier molecular flexibility index (Phi) is 6.91. The van der Waals surface area contributed by atoms with Crippen molar-refractivity contribution >= 4 is 34.6 Å². The van der Waals surface area contributed by atoms with Crippen molar-refractivity contribution in [2.24, 2.45) is 0 Å². The van der Waals surface area contributed by atoms with E-state index in [9.17, 15) is 14.0 Å². The molecule has 0 N–H and O–H groups in total. The van der Waals surface area contributed by atoms with Crippen LogP contribution in [-0.2, 0) is 20.9 Å². The molecule has 0 unspecified atom stereocenters. The topological polar surface area (TPSA) is 109 Å². The Balaban J connectivity index is 1.71. The van der Waals surface area contributed by atoms with E-state index < -0.39 is 17.8 Å². The molecule has 0 spiro atoms. The van der Waals surface area contributed by atoms with Gasteiger partial charge in [-0.3, -0.25) is 0 Å². The van der Waals surface area contributed by atoms with E-state index in [-0.39, 0.29) is 30.2 Å². The molecule has 178 valence electrons. The Morgan fingerprint density at radius 2 is 1.89 bits per heavy atom. The molecule has 2 aromatic carbocycles. The highest BCUT2D eigenvalue weighted by molar-refractivity contribution is 6.15. The molecule has 35 heavy (non-hydrogen) atoms. The Labute approximate surface area is 200 Å². The number of aromatic nitrogens is 5. The van der Waals surface area contributed by atoms with Gasteiger partial charge in [-0.25, -0.2) is 19.0 Å². The number of fused-ring (bicyclic) bond motifs is 1. The molecule has 4 aromatic rings. The van der Waals surface area contributed by atoms with Gasteiger partial charge in [-0.15, -0.1) is 5.10 Å². The molecule has 2 aromatic heterocycles. The molecule has 10 heteroatoms. The van der Waals surface area contributed by atoms with Gasteiger partial charge in [0.15, 0.2) is 11.5 Å². The summed E-state index contributed by atoms with van der Waals surface area (Å²) in [7, 11) is 0. The van der Waals surface area contributed by atoms with Crippen LogP contribution in [0.15, 0.2) is 48.5 Å². The highest BCUT2D eigenvalue weighted by atomic mass is 19.1. The molecule has 0 saturated heterocycles. The number of esters is 2. The van der Waals surface area contributed by atoms with Gasteiger partial charge < -0.3 is 9.47 Å². The molecule has 2 heterocycles. The first-order valence-electron chi connectivity index (χ1n) is 10.8. The Morgan fingerprint density at radius 3 is 2.60 bits per heavy atom. The molecule has 0 radical (unpaired) electrons. The number of ether oxygens (including phenoxy) is 2. The largest absolute Gasteiger partial charge is 0.462 e. The minimum absolute atomic E-state index is 0.0340. The second-order valence-corrected chi connectivity index (χ2v) is 7.59. The number of nitrogens with zero attached hydrogens (tertiary/aromatic N) is 5. The van der Waals surface area contributed by atoms with Crippen LogP contribution in [-0.4, -0.2) is 43.7 Å². The summed E-state index contributed by atoms with van der Waals surface area (Å²) in [4.78, 5) is 30.5. The average molecular weight is 475 g/mol. The summed E-state index contributed by atoms with van der Waals surface area (Å²) in [6.07, 6.45) is 1.42. The van der Waals surface area contributed by atoms with Crippen LogP contribution in [0.2, 0.25) is 0 Å². The fraction of sp³-hybridized carbons (Fsp3) is 0.200. The van der Waals surface area contributed by atoms with Crippen LogP contribution in [0.4, 0.5) is 4.39 Å². The van der Waals surface area contributed by atoms with E-state index in [1.165, 1.54) is 29.0 Å². The summed E-state index contributed by atoms with van der Waals surface area (Å²) in [6, 6.07) is 13.0. The Hall–Kier alpha value is -4.47. The van der Waals surface area contributed by atoms with Crippen molar-refractivity contribution in [2.45, 2.75) is 27.4 Å². The zero-order valence-electron chi connectivity index (χ0n) is 19.4. The van der Waals surface area contributed by atoms with Crippen molar-refractivity contribution in [1.29, 1.82) is 0 Å². The number of halogens is 1. The number of carbonyl (C=O) groups is 2. The second-order valence-electron chi connectivity index (χ2n) is 7.59. The number of tetrazole rings is 1. The van der Waals surface area contributed by atoms with Gasteiger partial charge in [0.05, 0.1) is 23.4 Å². The second kappa shape index (κ2) is 10.2. The third-order valence-corrected chi connectivity index (χ3v) is 5.26. The van der Waals surface area contributed by atoms with Crippen LogP contribution in [0.25, 0.3) is 22.7 Å². The van der Waals surface area contributed by atoms with Gasteiger partial charge in [0, 0.05) is 5.39 Å². The van der Waals surface area contributed by atoms with Gasteiger partial charge in [0.2, 0.25) is 0 Å². The van der Waals surface area contributed by atoms with Crippen LogP contribution in [0.5, 0.6) is 0 Å². The van der Waals surface area contributed by atoms with Crippen molar-refractivity contribution in [3.63, 3.8) is 0 Å². The highest BCUT2D eigenvalue weighted by Gasteiger charge is 2.23. The first kappa shape index (κ1) is 23.7. The predicted octanol–water partition coefficient (Wildman–Crippen LogP) is 3.90. The lowest BCUT2D eigenvalue weighted by atomic mass is 10.0. The van der Waals surface area contributed by atoms with E-state index in [1.807, 2.05) is 24.3 Å². The number of hydrogen-bond donors (Lipinski definition) is 0. The zero-order chi connectivity index (χ0) is 24.9. The van der Waals surface area contributed by atoms with Crippen LogP contribution in [0.1, 0.15) is 39.9 Å². The van der Waals surface area contributed by atoms with Crippen LogP contribution < -0.4 is 0 Å². The molecule has 0 fully saturated rings. The summed E-state index contributed by atoms with van der Waals surface area (Å²) in [6.45, 7) is 4.99. The maximum absolute atomic E-state index is 13.7. The number of para-hydroxylation sites is 1. The summed E-state index contributed by atoms with van der Waals surface area (Å²) in [5, 5.41) is 12.0. The van der Waals surface area contributed by atoms with E-state index in [4.69, 9.17) is 9.47 Å². The number of rotatable bonds is 7. The van der Waals surface area contributed by atoms with E-state index in [2.05, 4.69) is 20.5 Å². The third kappa shape index (κ3) is 5.06. The van der Waals surface area contributed by atoms with E-state index in [0.29, 0.717) is 22.5 Å². The molecule has 0 aliphatic carbocycles. The molecule has 0 atom stereocenters. The fourth-order valence-electron chi connectivity index (χ4n) is 3.64. The van der Waals surface area contributed by atoms with Crippen LogP contribution in [0, 0.1) is 19.7 Å². The van der Waals surface area contributed by atoms with Crippen LogP contribution in [0.3, 0.4) is 0 Å². The number of hydrogen-bond acceptors (Lipinski definition) is 8. The first-order chi connectivity index (χ1) is 16.9. The summed E-state index contributed by atoms with van der Waals surface area (Å²) >= 11 is 0. The van der Waals surface area contributed by atoms with Crippen molar-refractivity contribution in [3.05, 3.63) is 82.6 Å². The van der Waals surface area contributed by atoms with Gasteiger partial charge in [0.1, 0.15) is 12.4 Å². The molecule has 9 nitrogen and oxygen atoms in total. The van der Waals surface area contributed by atoms with Gasteiger partial charge >= 0.3 is 11.9 Å². The van der Waals surface area contributed by atoms with Gasteiger partial charge in [-0.05, 0) is 66.6 Å². The molecule has 0 aliphatic heterocycles. The lowest BCUT2D eigenvalue weighted by molar-refractivity contribution is -0.138. The van der Waals surface area contributed by atoms with Gasteiger partial charge in [-0.2, -0.15) is 4.68 Å². The zero-order valence-corrected chi connectivity index (χ0v) is 19.4. The minimum atomic E-state index is -0.785. The average Bonchev–Trinajstić information content (AvgIpc) is 3.26. The normalized spacial score (nSPS) is 11.5. The van der Waals surface area contributed by atoms with Crippen molar-refractivity contribution in [1.82, 2.24) is 25.2 Å². The monoisotopic (exact) mass is 475 g/mol. The SMILES string of the molecule is CCOC(=O)c1c(COC(=O)/C(=C/c2cccc(F)c2)n2nnnc2C)nc2ccccc2c1C.